The third kappa shape index (κ3) is 4.15. The summed E-state index contributed by atoms with van der Waals surface area (Å²) in [5, 5.41) is 11.2. The molecular formula is C16H14F3NO4. The van der Waals surface area contributed by atoms with Crippen LogP contribution in [-0.4, -0.2) is 23.0 Å². The summed E-state index contributed by atoms with van der Waals surface area (Å²) >= 11 is 0. The number of carbonyl (C=O) groups is 2. The van der Waals surface area contributed by atoms with Gasteiger partial charge in [0.2, 0.25) is 5.76 Å². The first-order valence-corrected chi connectivity index (χ1v) is 6.97. The van der Waals surface area contributed by atoms with Crippen molar-refractivity contribution in [3.8, 4) is 0 Å². The fourth-order valence-corrected chi connectivity index (χ4v) is 2.23. The second kappa shape index (κ2) is 6.77. The number of benzene rings is 1. The van der Waals surface area contributed by atoms with E-state index in [1.165, 1.54) is 24.3 Å². The van der Waals surface area contributed by atoms with E-state index in [1.807, 2.05) is 0 Å². The molecule has 2 aromatic rings. The van der Waals surface area contributed by atoms with Crippen LogP contribution in [0.15, 0.2) is 40.8 Å². The predicted molar refractivity (Wildman–Crippen MR) is 77.7 cm³/mol. The molecule has 24 heavy (non-hydrogen) atoms. The highest BCUT2D eigenvalue weighted by molar-refractivity contribution is 5.93. The van der Waals surface area contributed by atoms with E-state index in [-0.39, 0.29) is 17.7 Å². The normalized spacial score (nSPS) is 12.7. The number of hydrogen-bond acceptors (Lipinski definition) is 3. The Bertz CT molecular complexity index is 752. The number of amides is 1. The van der Waals surface area contributed by atoms with Crippen molar-refractivity contribution in [3.63, 3.8) is 0 Å². The molecule has 128 valence electrons. The van der Waals surface area contributed by atoms with Gasteiger partial charge in [-0.3, -0.25) is 4.79 Å². The number of furan rings is 1. The maximum absolute atomic E-state index is 12.9. The molecule has 0 fully saturated rings. The molecule has 5 nitrogen and oxygen atoms in total. The third-order valence-corrected chi connectivity index (χ3v) is 3.27. The highest BCUT2D eigenvalue weighted by Crippen LogP contribution is 2.32. The summed E-state index contributed by atoms with van der Waals surface area (Å²) in [6.45, 7) is 1.55. The molecule has 0 aliphatic rings. The lowest BCUT2D eigenvalue weighted by Gasteiger charge is -2.17. The van der Waals surface area contributed by atoms with Crippen molar-refractivity contribution in [3.05, 3.63) is 59.0 Å². The van der Waals surface area contributed by atoms with Crippen LogP contribution in [0.25, 0.3) is 0 Å². The van der Waals surface area contributed by atoms with Crippen LogP contribution in [0, 0.1) is 0 Å². The van der Waals surface area contributed by atoms with Crippen molar-refractivity contribution in [2.24, 2.45) is 0 Å². The average Bonchev–Trinajstić information content (AvgIpc) is 2.96. The summed E-state index contributed by atoms with van der Waals surface area (Å²) in [6, 6.07) is 6.82. The van der Waals surface area contributed by atoms with E-state index in [0.717, 1.165) is 12.1 Å². The van der Waals surface area contributed by atoms with Crippen LogP contribution >= 0.6 is 0 Å². The smallest absolute Gasteiger partial charge is 0.416 e. The number of rotatable bonds is 5. The molecule has 0 aliphatic carbocycles. The lowest BCUT2D eigenvalue weighted by atomic mass is 10.0. The van der Waals surface area contributed by atoms with E-state index in [4.69, 9.17) is 9.52 Å². The highest BCUT2D eigenvalue weighted by atomic mass is 19.4. The van der Waals surface area contributed by atoms with Crippen molar-refractivity contribution in [2.75, 3.05) is 0 Å². The minimum Gasteiger partial charge on any atom is -0.475 e. The molecule has 0 saturated heterocycles. The third-order valence-electron chi connectivity index (χ3n) is 3.27. The van der Waals surface area contributed by atoms with Crippen LogP contribution in [0.1, 0.15) is 39.2 Å². The fourth-order valence-electron chi connectivity index (χ4n) is 2.23. The summed E-state index contributed by atoms with van der Waals surface area (Å²) < 4.78 is 43.7. The van der Waals surface area contributed by atoms with Gasteiger partial charge in [-0.15, -0.1) is 0 Å². The van der Waals surface area contributed by atoms with Crippen molar-refractivity contribution < 1.29 is 32.3 Å². The van der Waals surface area contributed by atoms with E-state index < -0.39 is 35.4 Å². The molecule has 0 bridgehead atoms. The molecule has 8 heteroatoms. The first-order valence-electron chi connectivity index (χ1n) is 6.97. The zero-order chi connectivity index (χ0) is 17.9. The maximum atomic E-state index is 12.9. The molecule has 2 N–H and O–H groups in total. The van der Waals surface area contributed by atoms with Crippen LogP contribution in [0.5, 0.6) is 0 Å². The molecule has 0 spiro atoms. The first kappa shape index (κ1) is 17.6. The molecule has 1 atom stereocenters. The van der Waals surface area contributed by atoms with Gasteiger partial charge in [0, 0.05) is 6.04 Å². The van der Waals surface area contributed by atoms with E-state index in [9.17, 15) is 22.8 Å². The zero-order valence-corrected chi connectivity index (χ0v) is 12.6. The minimum absolute atomic E-state index is 0.0338. The van der Waals surface area contributed by atoms with Gasteiger partial charge in [0.25, 0.3) is 5.91 Å². The van der Waals surface area contributed by atoms with Crippen LogP contribution in [0.3, 0.4) is 0 Å². The maximum Gasteiger partial charge on any atom is 0.416 e. The van der Waals surface area contributed by atoms with Gasteiger partial charge < -0.3 is 14.8 Å². The summed E-state index contributed by atoms with van der Waals surface area (Å²) in [7, 11) is 0. The number of carboxylic acids is 1. The SMILES string of the molecule is CC(Cc1ccccc1C(F)(F)F)NC(=O)c1ccc(C(=O)O)o1. The topological polar surface area (TPSA) is 79.5 Å². The average molecular weight is 341 g/mol. The van der Waals surface area contributed by atoms with Gasteiger partial charge >= 0.3 is 12.1 Å². The Morgan fingerprint density at radius 3 is 2.38 bits per heavy atom. The monoisotopic (exact) mass is 341 g/mol. The van der Waals surface area contributed by atoms with Crippen LogP contribution in [0.4, 0.5) is 13.2 Å². The van der Waals surface area contributed by atoms with Gasteiger partial charge in [-0.1, -0.05) is 18.2 Å². The largest absolute Gasteiger partial charge is 0.475 e. The number of hydrogen-bond donors (Lipinski definition) is 2. The standard InChI is InChI=1S/C16H14F3NO4/c1-9(8-10-4-2-3-5-11(10)16(17,18)19)20-14(21)12-6-7-13(24-12)15(22)23/h2-7,9H,8H2,1H3,(H,20,21)(H,22,23). The van der Waals surface area contributed by atoms with Crippen LogP contribution in [0.2, 0.25) is 0 Å². The number of carboxylic acid groups (broad SMARTS) is 1. The van der Waals surface area contributed by atoms with E-state index >= 15 is 0 Å². The van der Waals surface area contributed by atoms with Gasteiger partial charge in [-0.2, -0.15) is 13.2 Å². The Labute approximate surface area is 135 Å². The van der Waals surface area contributed by atoms with Crippen molar-refractivity contribution in [1.82, 2.24) is 5.32 Å². The Morgan fingerprint density at radius 2 is 1.79 bits per heavy atom. The number of aromatic carboxylic acids is 1. The van der Waals surface area contributed by atoms with E-state index in [2.05, 4.69) is 5.32 Å². The summed E-state index contributed by atoms with van der Waals surface area (Å²) in [5.41, 5.74) is -0.694. The number of halogens is 3. The number of carbonyl (C=O) groups excluding carboxylic acids is 1. The van der Waals surface area contributed by atoms with Gasteiger partial charge in [-0.25, -0.2) is 4.79 Å². The van der Waals surface area contributed by atoms with Crippen molar-refractivity contribution >= 4 is 11.9 Å². The molecule has 1 heterocycles. The summed E-state index contributed by atoms with van der Waals surface area (Å²) in [6.07, 6.45) is -4.51. The molecular weight excluding hydrogens is 327 g/mol. The molecule has 1 aromatic carbocycles. The van der Waals surface area contributed by atoms with E-state index in [1.54, 1.807) is 6.92 Å². The Balaban J connectivity index is 2.07. The summed E-state index contributed by atoms with van der Waals surface area (Å²) in [5.74, 6) is -2.63. The Kier molecular flexibility index (Phi) is 4.96. The number of nitrogens with one attached hydrogen (secondary N) is 1. The van der Waals surface area contributed by atoms with Crippen molar-refractivity contribution in [1.29, 1.82) is 0 Å². The molecule has 0 radical (unpaired) electrons. The van der Waals surface area contributed by atoms with E-state index in [0.29, 0.717) is 0 Å². The second-order valence-electron chi connectivity index (χ2n) is 5.20. The molecule has 0 aliphatic heterocycles. The molecule has 1 aromatic heterocycles. The first-order chi connectivity index (χ1) is 11.2. The molecule has 0 saturated carbocycles. The molecule has 1 unspecified atom stereocenters. The van der Waals surface area contributed by atoms with Crippen molar-refractivity contribution in [2.45, 2.75) is 25.6 Å². The zero-order valence-electron chi connectivity index (χ0n) is 12.6. The minimum atomic E-state index is -4.47. The van der Waals surface area contributed by atoms with Gasteiger partial charge in [0.1, 0.15) is 0 Å². The van der Waals surface area contributed by atoms with Crippen LogP contribution in [-0.2, 0) is 12.6 Å². The van der Waals surface area contributed by atoms with Crippen LogP contribution < -0.4 is 5.32 Å². The second-order valence-corrected chi connectivity index (χ2v) is 5.20. The predicted octanol–water partition coefficient (Wildman–Crippen LogP) is 3.36. The van der Waals surface area contributed by atoms with Gasteiger partial charge in [0.05, 0.1) is 5.56 Å². The lowest BCUT2D eigenvalue weighted by Crippen LogP contribution is -2.34. The molecule has 1 amide bonds. The summed E-state index contributed by atoms with van der Waals surface area (Å²) in [4.78, 5) is 22.6. The Morgan fingerprint density at radius 1 is 1.17 bits per heavy atom. The quantitative estimate of drug-likeness (QED) is 0.874. The fraction of sp³-hybridized carbons (Fsp3) is 0.250. The van der Waals surface area contributed by atoms with Gasteiger partial charge in [-0.05, 0) is 37.1 Å². The molecule has 2 rings (SSSR count). The highest BCUT2D eigenvalue weighted by Gasteiger charge is 2.33. The van der Waals surface area contributed by atoms with Gasteiger partial charge in [0.15, 0.2) is 5.76 Å². The lowest BCUT2D eigenvalue weighted by molar-refractivity contribution is -0.138. The number of alkyl halides is 3. The Hall–Kier alpha value is -2.77.